The minimum absolute atomic E-state index is 0.104. The highest BCUT2D eigenvalue weighted by molar-refractivity contribution is 7.89. The molecule has 3 heterocycles. The maximum Gasteiger partial charge on any atom is 0.243 e. The van der Waals surface area contributed by atoms with Crippen LogP contribution in [0.15, 0.2) is 47.4 Å². The van der Waals surface area contributed by atoms with Crippen molar-refractivity contribution in [3.8, 4) is 0 Å². The van der Waals surface area contributed by atoms with Gasteiger partial charge in [0, 0.05) is 26.1 Å². The van der Waals surface area contributed by atoms with E-state index in [2.05, 4.69) is 20.6 Å². The van der Waals surface area contributed by atoms with Crippen LogP contribution in [0.3, 0.4) is 0 Å². The van der Waals surface area contributed by atoms with Crippen LogP contribution in [0.25, 0.3) is 21.3 Å². The van der Waals surface area contributed by atoms with Crippen LogP contribution in [0.2, 0.25) is 0 Å². The molecule has 1 aliphatic heterocycles. The van der Waals surface area contributed by atoms with Gasteiger partial charge in [-0.25, -0.2) is 18.1 Å². The maximum absolute atomic E-state index is 12.8. The molecule has 0 radical (unpaired) electrons. The van der Waals surface area contributed by atoms with Gasteiger partial charge in [-0.1, -0.05) is 28.7 Å². The number of nitrogens with one attached hydrogen (secondary N) is 1. The summed E-state index contributed by atoms with van der Waals surface area (Å²) in [5.41, 5.74) is 2.15. The quantitative estimate of drug-likeness (QED) is 0.444. The Labute approximate surface area is 189 Å². The third-order valence-electron chi connectivity index (χ3n) is 5.50. The average Bonchev–Trinajstić information content (AvgIpc) is 3.53. The molecule has 0 bridgehead atoms. The molecule has 0 aliphatic carbocycles. The van der Waals surface area contributed by atoms with Gasteiger partial charge in [0.25, 0.3) is 0 Å². The van der Waals surface area contributed by atoms with Gasteiger partial charge >= 0.3 is 0 Å². The lowest BCUT2D eigenvalue weighted by atomic mass is 10.3. The van der Waals surface area contributed by atoms with Crippen LogP contribution in [0.4, 0.5) is 5.13 Å². The molecule has 166 valence electrons. The first-order valence-corrected chi connectivity index (χ1v) is 12.8. The Morgan fingerprint density at radius 1 is 1.09 bits per heavy atom. The van der Waals surface area contributed by atoms with E-state index in [-0.39, 0.29) is 10.8 Å². The van der Waals surface area contributed by atoms with Gasteiger partial charge in [-0.2, -0.15) is 4.31 Å². The van der Waals surface area contributed by atoms with Crippen LogP contribution < -0.4 is 5.32 Å². The van der Waals surface area contributed by atoms with Gasteiger partial charge in [0.15, 0.2) is 5.13 Å². The number of fused-ring (bicyclic) bond motifs is 2. The lowest BCUT2D eigenvalue weighted by molar-refractivity contribution is -0.116. The van der Waals surface area contributed by atoms with Crippen molar-refractivity contribution in [3.63, 3.8) is 0 Å². The number of nitrogens with zero attached hydrogens (tertiary/aromatic N) is 5. The van der Waals surface area contributed by atoms with Gasteiger partial charge < -0.3 is 5.32 Å². The van der Waals surface area contributed by atoms with E-state index >= 15 is 0 Å². The summed E-state index contributed by atoms with van der Waals surface area (Å²) < 4.78 is 29.8. The number of carbonyl (C=O) groups excluding carboxylic acids is 1. The van der Waals surface area contributed by atoms with Crippen LogP contribution in [0, 0.1) is 0 Å². The number of sulfonamides is 1. The van der Waals surface area contributed by atoms with Gasteiger partial charge in [-0.3, -0.25) is 4.79 Å². The smallest absolute Gasteiger partial charge is 0.243 e. The second-order valence-corrected chi connectivity index (χ2v) is 10.7. The van der Waals surface area contributed by atoms with Gasteiger partial charge in [0.1, 0.15) is 5.52 Å². The van der Waals surface area contributed by atoms with E-state index in [0.29, 0.717) is 43.1 Å². The van der Waals surface area contributed by atoms with Crippen LogP contribution in [-0.2, 0) is 21.4 Å². The van der Waals surface area contributed by atoms with Crippen molar-refractivity contribution < 1.29 is 13.2 Å². The predicted octanol–water partition coefficient (Wildman–Crippen LogP) is 3.24. The monoisotopic (exact) mass is 470 g/mol. The highest BCUT2D eigenvalue weighted by Crippen LogP contribution is 2.26. The number of aryl methyl sites for hydroxylation is 1. The zero-order valence-electron chi connectivity index (χ0n) is 17.3. The summed E-state index contributed by atoms with van der Waals surface area (Å²) in [5, 5.41) is 11.7. The molecular formula is C21H22N6O3S2. The molecular weight excluding hydrogens is 448 g/mol. The minimum Gasteiger partial charge on any atom is -0.302 e. The first-order valence-electron chi connectivity index (χ1n) is 10.5. The van der Waals surface area contributed by atoms with Gasteiger partial charge in [0.2, 0.25) is 15.9 Å². The van der Waals surface area contributed by atoms with E-state index in [1.54, 1.807) is 22.9 Å². The molecule has 0 unspecified atom stereocenters. The number of para-hydroxylation sites is 1. The number of benzene rings is 2. The molecule has 1 fully saturated rings. The second kappa shape index (κ2) is 8.57. The fraction of sp³-hybridized carbons (Fsp3) is 0.333. The summed E-state index contributed by atoms with van der Waals surface area (Å²) >= 11 is 1.45. The summed E-state index contributed by atoms with van der Waals surface area (Å²) in [6.45, 7) is 1.63. The van der Waals surface area contributed by atoms with Crippen molar-refractivity contribution in [1.29, 1.82) is 0 Å². The molecule has 0 saturated carbocycles. The zero-order valence-corrected chi connectivity index (χ0v) is 18.9. The van der Waals surface area contributed by atoms with E-state index in [4.69, 9.17) is 0 Å². The first-order chi connectivity index (χ1) is 15.5. The predicted molar refractivity (Wildman–Crippen MR) is 123 cm³/mol. The maximum atomic E-state index is 12.8. The highest BCUT2D eigenvalue weighted by atomic mass is 32.2. The van der Waals surface area contributed by atoms with Crippen LogP contribution in [0.1, 0.15) is 25.7 Å². The number of hydrogen-bond acceptors (Lipinski definition) is 7. The number of hydrogen-bond donors (Lipinski definition) is 1. The fourth-order valence-electron chi connectivity index (χ4n) is 3.85. The van der Waals surface area contributed by atoms with Crippen molar-refractivity contribution in [2.45, 2.75) is 37.1 Å². The molecule has 1 N–H and O–H groups in total. The van der Waals surface area contributed by atoms with E-state index < -0.39 is 10.0 Å². The Balaban J connectivity index is 1.21. The Hall–Kier alpha value is -2.89. The standard InChI is InChI=1S/C21H22N6O3S2/c28-20(23-21-22-16-6-1-2-7-19(16)31-21)8-5-13-27-18-10-9-15(14-17(18)24-25-27)32(29,30)26-11-3-4-12-26/h1-2,6-7,9-10,14H,3-5,8,11-13H2,(H,22,23,28). The Bertz CT molecular complexity index is 1360. The van der Waals surface area contributed by atoms with E-state index in [1.807, 2.05) is 24.3 Å². The van der Waals surface area contributed by atoms with Crippen molar-refractivity contribution in [2.24, 2.45) is 0 Å². The normalized spacial score (nSPS) is 15.0. The average molecular weight is 471 g/mol. The SMILES string of the molecule is O=C(CCCn1nnc2cc(S(=O)(=O)N3CCCC3)ccc21)Nc1nc2ccccc2s1. The molecule has 1 aliphatic rings. The van der Waals surface area contributed by atoms with Gasteiger partial charge in [-0.05, 0) is 49.6 Å². The molecule has 0 atom stereocenters. The highest BCUT2D eigenvalue weighted by Gasteiger charge is 2.27. The molecule has 1 amide bonds. The van der Waals surface area contributed by atoms with Gasteiger partial charge in [-0.15, -0.1) is 5.10 Å². The molecule has 4 aromatic rings. The number of thiazole rings is 1. The number of anilines is 1. The summed E-state index contributed by atoms with van der Waals surface area (Å²) in [6.07, 6.45) is 2.68. The molecule has 1 saturated heterocycles. The van der Waals surface area contributed by atoms with Crippen LogP contribution in [-0.4, -0.2) is 51.7 Å². The van der Waals surface area contributed by atoms with Crippen molar-refractivity contribution in [3.05, 3.63) is 42.5 Å². The molecule has 2 aromatic heterocycles. The molecule has 5 rings (SSSR count). The minimum atomic E-state index is -3.49. The van der Waals surface area contributed by atoms with E-state index in [1.165, 1.54) is 15.6 Å². The van der Waals surface area contributed by atoms with Crippen molar-refractivity contribution >= 4 is 53.6 Å². The van der Waals surface area contributed by atoms with Crippen molar-refractivity contribution in [1.82, 2.24) is 24.3 Å². The lowest BCUT2D eigenvalue weighted by Gasteiger charge is -2.15. The fourth-order valence-corrected chi connectivity index (χ4v) is 6.27. The summed E-state index contributed by atoms with van der Waals surface area (Å²) in [4.78, 5) is 17.0. The molecule has 9 nitrogen and oxygen atoms in total. The van der Waals surface area contributed by atoms with E-state index in [0.717, 1.165) is 28.6 Å². The molecule has 2 aromatic carbocycles. The Kier molecular flexibility index (Phi) is 5.62. The third kappa shape index (κ3) is 4.10. The Morgan fingerprint density at radius 3 is 2.72 bits per heavy atom. The van der Waals surface area contributed by atoms with Crippen LogP contribution in [0.5, 0.6) is 0 Å². The van der Waals surface area contributed by atoms with Gasteiger partial charge in [0.05, 0.1) is 20.6 Å². The molecule has 32 heavy (non-hydrogen) atoms. The summed E-state index contributed by atoms with van der Waals surface area (Å²) in [5.74, 6) is -0.104. The topological polar surface area (TPSA) is 110 Å². The van der Waals surface area contributed by atoms with Crippen molar-refractivity contribution in [2.75, 3.05) is 18.4 Å². The number of rotatable bonds is 7. The largest absolute Gasteiger partial charge is 0.302 e. The summed E-state index contributed by atoms with van der Waals surface area (Å²) in [6, 6.07) is 12.7. The van der Waals surface area contributed by atoms with E-state index in [9.17, 15) is 13.2 Å². The number of aromatic nitrogens is 4. The van der Waals surface area contributed by atoms with Crippen LogP contribution >= 0.6 is 11.3 Å². The Morgan fingerprint density at radius 2 is 1.91 bits per heavy atom. The molecule has 0 spiro atoms. The lowest BCUT2D eigenvalue weighted by Crippen LogP contribution is -2.27. The summed E-state index contributed by atoms with van der Waals surface area (Å²) in [7, 11) is -3.49. The number of amides is 1. The zero-order chi connectivity index (χ0) is 22.1. The third-order valence-corrected chi connectivity index (χ3v) is 8.35. The number of carbonyl (C=O) groups is 1. The second-order valence-electron chi connectivity index (χ2n) is 7.71. The molecule has 11 heteroatoms. The first kappa shape index (κ1) is 21.0.